The smallest absolute Gasteiger partial charge is 0.144 e. The average molecular weight is 1040 g/mol. The van der Waals surface area contributed by atoms with Crippen LogP contribution in [0.3, 0.4) is 0 Å². The monoisotopic (exact) mass is 1030 g/mol. The number of nitrogens with zero attached hydrogens (tertiary/aromatic N) is 4. The van der Waals surface area contributed by atoms with Crippen molar-refractivity contribution >= 4 is 87.8 Å². The number of para-hydroxylation sites is 3. The minimum atomic E-state index is -0.165. The standard InChI is InChI=1S/C60H47N4O.Pt/c1-59(2,3)40-25-27-42(28-26-40)62-37-63(54-22-14-13-21-53(54)62)43-33-41(60(4,5)6)34-45(35-43)65-44-29-31-49-48-19-11-12-20-52(48)64(55(49)36-44)58-50-30-23-38-15-7-9-17-46(38)56(50)57-47-18-10-8-16-39(47)24-32-51(57)61-58;/h7-34,37H,1-6H3;/q-3;. The van der Waals surface area contributed by atoms with Crippen LogP contribution in [0.5, 0.6) is 11.5 Å². The summed E-state index contributed by atoms with van der Waals surface area (Å²) in [7, 11) is 0. The first kappa shape index (κ1) is 41.7. The minimum absolute atomic E-state index is 0. The Morgan fingerprint density at radius 2 is 1.11 bits per heavy atom. The van der Waals surface area contributed by atoms with Crippen molar-refractivity contribution in [2.75, 3.05) is 9.80 Å². The van der Waals surface area contributed by atoms with E-state index in [-0.39, 0.29) is 31.9 Å². The van der Waals surface area contributed by atoms with E-state index in [0.29, 0.717) is 11.5 Å². The summed E-state index contributed by atoms with van der Waals surface area (Å²) < 4.78 is 9.20. The molecule has 0 amide bonds. The third-order valence-corrected chi connectivity index (χ3v) is 13.1. The van der Waals surface area contributed by atoms with Gasteiger partial charge in [0.25, 0.3) is 0 Å². The van der Waals surface area contributed by atoms with Crippen molar-refractivity contribution in [3.63, 3.8) is 0 Å². The van der Waals surface area contributed by atoms with Crippen molar-refractivity contribution < 1.29 is 25.8 Å². The van der Waals surface area contributed by atoms with Crippen molar-refractivity contribution in [2.24, 2.45) is 0 Å². The molecule has 9 aromatic carbocycles. The number of hydrogen-bond donors (Lipinski definition) is 0. The molecule has 0 saturated heterocycles. The van der Waals surface area contributed by atoms with Gasteiger partial charge in [0.15, 0.2) is 0 Å². The summed E-state index contributed by atoms with van der Waals surface area (Å²) in [5.74, 6) is 2.08. The van der Waals surface area contributed by atoms with E-state index in [1.54, 1.807) is 0 Å². The molecule has 1 aliphatic heterocycles. The van der Waals surface area contributed by atoms with E-state index in [0.717, 1.165) is 72.2 Å². The number of aromatic nitrogens is 2. The van der Waals surface area contributed by atoms with Gasteiger partial charge in [0, 0.05) is 71.3 Å². The van der Waals surface area contributed by atoms with Crippen molar-refractivity contribution in [2.45, 2.75) is 52.4 Å². The van der Waals surface area contributed by atoms with Crippen LogP contribution in [0, 0.1) is 18.8 Å². The Morgan fingerprint density at radius 1 is 0.500 bits per heavy atom. The second-order valence-corrected chi connectivity index (χ2v) is 19.4. The zero-order valence-corrected chi connectivity index (χ0v) is 40.0. The van der Waals surface area contributed by atoms with Gasteiger partial charge < -0.3 is 19.1 Å². The quantitative estimate of drug-likeness (QED) is 0.127. The normalized spacial score (nSPS) is 13.1. The summed E-state index contributed by atoms with van der Waals surface area (Å²) in [6.45, 7) is 15.6. The van der Waals surface area contributed by atoms with Gasteiger partial charge in [-0.15, -0.1) is 53.6 Å². The molecule has 0 spiro atoms. The molecule has 0 atom stereocenters. The molecule has 0 fully saturated rings. The van der Waals surface area contributed by atoms with Gasteiger partial charge in [-0.05, 0) is 85.8 Å². The first-order valence-corrected chi connectivity index (χ1v) is 22.5. The average Bonchev–Trinajstić information content (AvgIpc) is 3.86. The Kier molecular flexibility index (Phi) is 9.87. The van der Waals surface area contributed by atoms with Crippen LogP contribution < -0.4 is 14.5 Å². The molecule has 0 N–H and O–H groups in total. The van der Waals surface area contributed by atoms with Gasteiger partial charge in [0.05, 0.1) is 5.52 Å². The van der Waals surface area contributed by atoms with E-state index >= 15 is 0 Å². The summed E-state index contributed by atoms with van der Waals surface area (Å²) in [5.41, 5.74) is 9.44. The first-order chi connectivity index (χ1) is 31.5. The Labute approximate surface area is 400 Å². The van der Waals surface area contributed by atoms with Crippen molar-refractivity contribution in [1.82, 2.24) is 9.55 Å². The van der Waals surface area contributed by atoms with E-state index in [4.69, 9.17) is 9.72 Å². The third kappa shape index (κ3) is 6.83. The van der Waals surface area contributed by atoms with E-state index in [2.05, 4.69) is 239 Å². The largest absolute Gasteiger partial charge is 0.509 e. The van der Waals surface area contributed by atoms with Crippen LogP contribution in [0.4, 0.5) is 22.7 Å². The van der Waals surface area contributed by atoms with Crippen LogP contribution in [0.1, 0.15) is 52.7 Å². The Bertz CT molecular complexity index is 3710. The topological polar surface area (TPSA) is 33.5 Å². The number of ether oxygens (including phenoxy) is 1. The summed E-state index contributed by atoms with van der Waals surface area (Å²) in [6.07, 6.45) is 0. The van der Waals surface area contributed by atoms with Gasteiger partial charge in [-0.3, -0.25) is 0 Å². The zero-order valence-electron chi connectivity index (χ0n) is 37.8. The Hall–Kier alpha value is -6.94. The summed E-state index contributed by atoms with van der Waals surface area (Å²) in [4.78, 5) is 10.0. The maximum absolute atomic E-state index is 6.92. The number of pyridine rings is 1. The first-order valence-electron chi connectivity index (χ1n) is 22.5. The van der Waals surface area contributed by atoms with Crippen LogP contribution >= 0.6 is 0 Å². The van der Waals surface area contributed by atoms with Gasteiger partial charge in [-0.1, -0.05) is 150 Å². The molecule has 2 aromatic heterocycles. The predicted octanol–water partition coefficient (Wildman–Crippen LogP) is 16.2. The van der Waals surface area contributed by atoms with E-state index in [1.165, 1.54) is 32.5 Å². The molecule has 0 radical (unpaired) electrons. The molecule has 12 rings (SSSR count). The maximum atomic E-state index is 6.92. The van der Waals surface area contributed by atoms with Crippen LogP contribution in [-0.4, -0.2) is 9.55 Å². The summed E-state index contributed by atoms with van der Waals surface area (Å²) >= 11 is 0. The Balaban J connectivity index is 0.00000481. The number of hydrogen-bond acceptors (Lipinski definition) is 4. The van der Waals surface area contributed by atoms with Crippen molar-refractivity contribution in [3.8, 4) is 17.3 Å². The molecule has 6 heteroatoms. The van der Waals surface area contributed by atoms with Crippen LogP contribution in [0.2, 0.25) is 0 Å². The van der Waals surface area contributed by atoms with Crippen molar-refractivity contribution in [3.05, 3.63) is 200 Å². The van der Waals surface area contributed by atoms with Crippen molar-refractivity contribution in [1.29, 1.82) is 0 Å². The van der Waals surface area contributed by atoms with E-state index < -0.39 is 0 Å². The molecule has 66 heavy (non-hydrogen) atoms. The second-order valence-electron chi connectivity index (χ2n) is 19.4. The van der Waals surface area contributed by atoms with E-state index in [1.807, 2.05) is 6.07 Å². The number of rotatable bonds is 5. The molecule has 0 bridgehead atoms. The fraction of sp³-hybridized carbons (Fsp3) is 0.133. The Morgan fingerprint density at radius 3 is 1.82 bits per heavy atom. The number of fused-ring (bicyclic) bond motifs is 11. The summed E-state index contributed by atoms with van der Waals surface area (Å²) in [6, 6.07) is 68.2. The van der Waals surface area contributed by atoms with Gasteiger partial charge in [0.1, 0.15) is 5.82 Å². The molecule has 3 heterocycles. The number of benzene rings is 9. The fourth-order valence-electron chi connectivity index (χ4n) is 9.74. The van der Waals surface area contributed by atoms with Crippen LogP contribution in [0.15, 0.2) is 170 Å². The zero-order chi connectivity index (χ0) is 44.2. The fourth-order valence-corrected chi connectivity index (χ4v) is 9.74. The SMILES string of the molecule is CC(C)(C)c1ccc(N2[CH-]N(c3[c-]c(Oc4[c-]c5c(cc4)c4ccccc4n5-c4nc5ccc6ccccc6c5c5c4ccc4ccccc45)cc(C(C)(C)C)c3)c3ccccc32)cc1.[Pt]. The van der Waals surface area contributed by atoms with Gasteiger partial charge in [0.2, 0.25) is 0 Å². The molecule has 0 saturated carbocycles. The molecular formula is C60H47N4OPt-3. The molecule has 1 aliphatic rings. The number of anilines is 4. The van der Waals surface area contributed by atoms with Gasteiger partial charge >= 0.3 is 0 Å². The van der Waals surface area contributed by atoms with E-state index in [9.17, 15) is 0 Å². The van der Waals surface area contributed by atoms with Crippen LogP contribution in [0.25, 0.3) is 70.8 Å². The van der Waals surface area contributed by atoms with Crippen LogP contribution in [-0.2, 0) is 31.9 Å². The molecule has 5 nitrogen and oxygen atoms in total. The molecular weight excluding hydrogens is 988 g/mol. The van der Waals surface area contributed by atoms with Gasteiger partial charge in [-0.2, -0.15) is 6.07 Å². The molecule has 326 valence electrons. The third-order valence-electron chi connectivity index (χ3n) is 13.1. The molecule has 11 aromatic rings. The maximum Gasteiger partial charge on any atom is 0.144 e. The predicted molar refractivity (Wildman–Crippen MR) is 272 cm³/mol. The summed E-state index contributed by atoms with van der Waals surface area (Å²) in [5, 5.41) is 10.4. The minimum Gasteiger partial charge on any atom is -0.509 e. The molecule has 0 unspecified atom stereocenters. The second kappa shape index (κ2) is 15.6. The molecule has 0 aliphatic carbocycles. The van der Waals surface area contributed by atoms with Gasteiger partial charge in [-0.25, -0.2) is 4.98 Å².